The summed E-state index contributed by atoms with van der Waals surface area (Å²) >= 11 is 0. The SMILES string of the molecule is C[C@](O)(CO)[C@@H](O)[C@H]([NH3+])CO.[Cl-]. The van der Waals surface area contributed by atoms with E-state index in [0.717, 1.165) is 0 Å². The minimum atomic E-state index is -1.59. The lowest BCUT2D eigenvalue weighted by Gasteiger charge is -2.28. The molecule has 0 aliphatic rings. The van der Waals surface area contributed by atoms with Crippen LogP contribution in [0, 0.1) is 0 Å². The van der Waals surface area contributed by atoms with Crippen LogP contribution in [0.25, 0.3) is 0 Å². The topological polar surface area (TPSA) is 109 Å². The fourth-order valence-electron chi connectivity index (χ4n) is 0.701. The Labute approximate surface area is 77.2 Å². The summed E-state index contributed by atoms with van der Waals surface area (Å²) in [7, 11) is 0. The lowest BCUT2D eigenvalue weighted by molar-refractivity contribution is -0.452. The molecular weight excluding hydrogens is 186 g/mol. The number of rotatable bonds is 4. The Kier molecular flexibility index (Phi) is 6.92. The normalized spacial score (nSPS) is 20.5. The molecule has 0 aromatic carbocycles. The van der Waals surface area contributed by atoms with E-state index in [1.54, 1.807) is 0 Å². The summed E-state index contributed by atoms with van der Waals surface area (Å²) < 4.78 is 0. The summed E-state index contributed by atoms with van der Waals surface area (Å²) in [6, 6.07) is -0.683. The van der Waals surface area contributed by atoms with Crippen molar-refractivity contribution < 1.29 is 38.6 Å². The summed E-state index contributed by atoms with van der Waals surface area (Å²) in [5.74, 6) is 0. The molecule has 0 aromatic heterocycles. The fraction of sp³-hybridized carbons (Fsp3) is 1.00. The molecule has 12 heavy (non-hydrogen) atoms. The van der Waals surface area contributed by atoms with Crippen molar-refractivity contribution in [2.24, 2.45) is 0 Å². The van der Waals surface area contributed by atoms with Crippen LogP contribution >= 0.6 is 0 Å². The molecule has 0 fully saturated rings. The van der Waals surface area contributed by atoms with Crippen molar-refractivity contribution in [2.45, 2.75) is 24.7 Å². The first-order chi connectivity index (χ1) is 4.95. The Hall–Kier alpha value is 0.0900. The van der Waals surface area contributed by atoms with Crippen LogP contribution < -0.4 is 18.1 Å². The molecule has 0 rings (SSSR count). The van der Waals surface area contributed by atoms with Gasteiger partial charge < -0.3 is 38.6 Å². The molecule has 5 nitrogen and oxygen atoms in total. The van der Waals surface area contributed by atoms with Gasteiger partial charge in [-0.1, -0.05) is 0 Å². The first-order valence-corrected chi connectivity index (χ1v) is 3.41. The van der Waals surface area contributed by atoms with Crippen molar-refractivity contribution in [1.29, 1.82) is 0 Å². The minimum Gasteiger partial charge on any atom is -1.00 e. The molecule has 0 saturated heterocycles. The molecule has 6 heteroatoms. The molecule has 0 aliphatic heterocycles. The molecule has 0 radical (unpaired) electrons. The van der Waals surface area contributed by atoms with E-state index in [1.165, 1.54) is 6.92 Å². The van der Waals surface area contributed by atoms with Crippen molar-refractivity contribution in [3.05, 3.63) is 0 Å². The van der Waals surface area contributed by atoms with E-state index in [0.29, 0.717) is 0 Å². The van der Waals surface area contributed by atoms with Crippen LogP contribution in [0.1, 0.15) is 6.92 Å². The van der Waals surface area contributed by atoms with Gasteiger partial charge >= 0.3 is 0 Å². The molecular formula is C6H16ClNO4. The fourth-order valence-corrected chi connectivity index (χ4v) is 0.701. The summed E-state index contributed by atoms with van der Waals surface area (Å²) in [5, 5.41) is 35.6. The smallest absolute Gasteiger partial charge is 0.138 e. The van der Waals surface area contributed by atoms with Crippen LogP contribution in [-0.4, -0.2) is 51.4 Å². The molecule has 0 bridgehead atoms. The highest BCUT2D eigenvalue weighted by molar-refractivity contribution is 4.84. The van der Waals surface area contributed by atoms with E-state index in [9.17, 15) is 10.2 Å². The van der Waals surface area contributed by atoms with Gasteiger partial charge in [0.25, 0.3) is 0 Å². The Morgan fingerprint density at radius 1 is 1.42 bits per heavy atom. The third kappa shape index (κ3) is 3.66. The largest absolute Gasteiger partial charge is 1.00 e. The van der Waals surface area contributed by atoms with E-state index in [1.807, 2.05) is 0 Å². The Balaban J connectivity index is 0. The number of halogens is 1. The second-order valence-electron chi connectivity index (χ2n) is 2.90. The molecule has 0 spiro atoms. The van der Waals surface area contributed by atoms with E-state index < -0.39 is 24.4 Å². The predicted molar refractivity (Wildman–Crippen MR) is 37.5 cm³/mol. The molecule has 76 valence electrons. The van der Waals surface area contributed by atoms with Gasteiger partial charge in [-0.15, -0.1) is 0 Å². The molecule has 0 aromatic rings. The van der Waals surface area contributed by atoms with Gasteiger partial charge in [0.15, 0.2) is 0 Å². The number of quaternary nitrogens is 1. The highest BCUT2D eigenvalue weighted by Gasteiger charge is 2.35. The van der Waals surface area contributed by atoms with Crippen LogP contribution in [0.2, 0.25) is 0 Å². The molecule has 0 heterocycles. The van der Waals surface area contributed by atoms with Crippen LogP contribution in [0.3, 0.4) is 0 Å². The standard InChI is InChI=1S/C6H15NO4.ClH/c1-6(11,3-9)5(10)4(7)2-8;/h4-5,8-11H,2-3,7H2,1H3;1H/t4-,5+,6+;/m1./s1. The average molecular weight is 202 g/mol. The monoisotopic (exact) mass is 201 g/mol. The van der Waals surface area contributed by atoms with Crippen LogP contribution in [0.4, 0.5) is 0 Å². The maximum absolute atomic E-state index is 9.24. The number of aliphatic hydroxyl groups is 4. The van der Waals surface area contributed by atoms with E-state index in [2.05, 4.69) is 5.73 Å². The van der Waals surface area contributed by atoms with Crippen LogP contribution in [0.5, 0.6) is 0 Å². The van der Waals surface area contributed by atoms with Gasteiger partial charge in [0.1, 0.15) is 17.7 Å². The van der Waals surface area contributed by atoms with Crippen molar-refractivity contribution in [3.63, 3.8) is 0 Å². The first kappa shape index (κ1) is 14.6. The minimum absolute atomic E-state index is 0. The number of hydrogen-bond acceptors (Lipinski definition) is 4. The summed E-state index contributed by atoms with van der Waals surface area (Å²) in [5.41, 5.74) is 1.81. The van der Waals surface area contributed by atoms with Gasteiger partial charge in [-0.05, 0) is 6.92 Å². The van der Waals surface area contributed by atoms with Crippen molar-refractivity contribution in [3.8, 4) is 0 Å². The van der Waals surface area contributed by atoms with Gasteiger partial charge in [-0.2, -0.15) is 0 Å². The number of hydrogen-bond donors (Lipinski definition) is 5. The number of aliphatic hydroxyl groups excluding tert-OH is 3. The van der Waals surface area contributed by atoms with E-state index in [-0.39, 0.29) is 19.0 Å². The van der Waals surface area contributed by atoms with Gasteiger partial charge in [0.2, 0.25) is 0 Å². The molecule has 0 saturated carbocycles. The third-order valence-electron chi connectivity index (χ3n) is 1.64. The summed E-state index contributed by atoms with van der Waals surface area (Å²) in [6.07, 6.45) is -1.21. The van der Waals surface area contributed by atoms with Crippen molar-refractivity contribution in [2.75, 3.05) is 13.2 Å². The van der Waals surface area contributed by atoms with Gasteiger partial charge in [-0.3, -0.25) is 0 Å². The third-order valence-corrected chi connectivity index (χ3v) is 1.64. The van der Waals surface area contributed by atoms with Gasteiger partial charge in [-0.25, -0.2) is 0 Å². The molecule has 0 aliphatic carbocycles. The van der Waals surface area contributed by atoms with Gasteiger partial charge in [0.05, 0.1) is 13.2 Å². The summed E-state index contributed by atoms with van der Waals surface area (Å²) in [6.45, 7) is 0.406. The second kappa shape index (κ2) is 5.69. The molecule has 0 unspecified atom stereocenters. The zero-order valence-electron chi connectivity index (χ0n) is 6.94. The quantitative estimate of drug-likeness (QED) is 0.312. The molecule has 0 amide bonds. The lowest BCUT2D eigenvalue weighted by atomic mass is 9.95. The zero-order chi connectivity index (χ0) is 9.07. The van der Waals surface area contributed by atoms with Crippen molar-refractivity contribution >= 4 is 0 Å². The van der Waals surface area contributed by atoms with E-state index >= 15 is 0 Å². The molecule has 7 N–H and O–H groups in total. The van der Waals surface area contributed by atoms with Crippen LogP contribution in [-0.2, 0) is 0 Å². The average Bonchev–Trinajstić information content (AvgIpc) is 2.01. The van der Waals surface area contributed by atoms with Crippen molar-refractivity contribution in [1.82, 2.24) is 0 Å². The highest BCUT2D eigenvalue weighted by Crippen LogP contribution is 2.09. The lowest BCUT2D eigenvalue weighted by Crippen LogP contribution is -3.00. The Bertz CT molecular complexity index is 122. The van der Waals surface area contributed by atoms with Gasteiger partial charge in [0, 0.05) is 0 Å². The van der Waals surface area contributed by atoms with E-state index in [4.69, 9.17) is 10.2 Å². The Morgan fingerprint density at radius 2 is 1.83 bits per heavy atom. The maximum Gasteiger partial charge on any atom is 0.138 e. The summed E-state index contributed by atoms with van der Waals surface area (Å²) in [4.78, 5) is 0. The van der Waals surface area contributed by atoms with Crippen LogP contribution in [0.15, 0.2) is 0 Å². The predicted octanol–water partition coefficient (Wildman–Crippen LogP) is -6.30. The maximum atomic E-state index is 9.24. The zero-order valence-corrected chi connectivity index (χ0v) is 7.70. The first-order valence-electron chi connectivity index (χ1n) is 3.41. The highest BCUT2D eigenvalue weighted by atomic mass is 35.5. The second-order valence-corrected chi connectivity index (χ2v) is 2.90. The molecule has 3 atom stereocenters. The Morgan fingerprint density at radius 3 is 2.08 bits per heavy atom.